The predicted octanol–water partition coefficient (Wildman–Crippen LogP) is 5.50. The van der Waals surface area contributed by atoms with Crippen molar-refractivity contribution < 1.29 is 14.3 Å². The average molecular weight is 486 g/mol. The molecule has 1 aliphatic heterocycles. The summed E-state index contributed by atoms with van der Waals surface area (Å²) in [4.78, 5) is 29.7. The average Bonchev–Trinajstić information content (AvgIpc) is 2.92. The van der Waals surface area contributed by atoms with Crippen LogP contribution in [-0.4, -0.2) is 49.5 Å². The molecule has 1 saturated heterocycles. The van der Waals surface area contributed by atoms with Gasteiger partial charge in [0.15, 0.2) is 0 Å². The van der Waals surface area contributed by atoms with Crippen molar-refractivity contribution in [3.05, 3.63) is 89.5 Å². The summed E-state index contributed by atoms with van der Waals surface area (Å²) in [6.45, 7) is 9.87. The number of ether oxygens (including phenoxy) is 1. The predicted molar refractivity (Wildman–Crippen MR) is 145 cm³/mol. The van der Waals surface area contributed by atoms with Gasteiger partial charge in [-0.1, -0.05) is 32.9 Å². The van der Waals surface area contributed by atoms with Crippen LogP contribution < -0.4 is 15.0 Å². The lowest BCUT2D eigenvalue weighted by atomic mass is 10.1. The van der Waals surface area contributed by atoms with Gasteiger partial charge in [0.2, 0.25) is 0 Å². The van der Waals surface area contributed by atoms with Gasteiger partial charge in [0.05, 0.1) is 6.61 Å². The molecule has 6 heteroatoms. The van der Waals surface area contributed by atoms with Gasteiger partial charge in [-0.15, -0.1) is 0 Å². The largest absolute Gasteiger partial charge is 0.493 e. The van der Waals surface area contributed by atoms with Crippen LogP contribution in [0.2, 0.25) is 0 Å². The van der Waals surface area contributed by atoms with Gasteiger partial charge in [0.25, 0.3) is 11.8 Å². The Morgan fingerprint density at radius 3 is 2.03 bits per heavy atom. The third-order valence-corrected chi connectivity index (χ3v) is 6.37. The quantitative estimate of drug-likeness (QED) is 0.458. The zero-order valence-corrected chi connectivity index (χ0v) is 21.4. The normalized spacial score (nSPS) is 13.6. The summed E-state index contributed by atoms with van der Waals surface area (Å²) >= 11 is 0. The monoisotopic (exact) mass is 485 g/mol. The Kier molecular flexibility index (Phi) is 8.26. The highest BCUT2D eigenvalue weighted by molar-refractivity contribution is 6.04. The molecule has 0 saturated carbocycles. The highest BCUT2D eigenvalue weighted by atomic mass is 16.5. The van der Waals surface area contributed by atoms with Crippen LogP contribution >= 0.6 is 0 Å². The van der Waals surface area contributed by atoms with Gasteiger partial charge in [-0.05, 0) is 78.6 Å². The van der Waals surface area contributed by atoms with Gasteiger partial charge in [0, 0.05) is 48.7 Å². The van der Waals surface area contributed by atoms with Gasteiger partial charge < -0.3 is 19.9 Å². The summed E-state index contributed by atoms with van der Waals surface area (Å²) in [5.41, 5.74) is 4.40. The molecule has 0 spiro atoms. The first-order valence-corrected chi connectivity index (χ1v) is 12.7. The number of nitrogens with one attached hydrogen (secondary N) is 1. The Bertz CT molecular complexity index is 1150. The number of benzene rings is 3. The number of anilines is 2. The third-order valence-electron chi connectivity index (χ3n) is 6.37. The summed E-state index contributed by atoms with van der Waals surface area (Å²) in [5, 5.41) is 2.96. The topological polar surface area (TPSA) is 61.9 Å². The number of amides is 2. The van der Waals surface area contributed by atoms with Crippen LogP contribution in [0.15, 0.2) is 72.8 Å². The molecule has 0 atom stereocenters. The molecule has 188 valence electrons. The summed E-state index contributed by atoms with van der Waals surface area (Å²) in [6, 6.07) is 23.0. The van der Waals surface area contributed by atoms with Crippen LogP contribution in [0.3, 0.4) is 0 Å². The molecule has 1 N–H and O–H groups in total. The second-order valence-electron chi connectivity index (χ2n) is 9.56. The second kappa shape index (κ2) is 11.8. The summed E-state index contributed by atoms with van der Waals surface area (Å²) < 4.78 is 5.68. The summed E-state index contributed by atoms with van der Waals surface area (Å²) in [7, 11) is 0. The molecule has 6 nitrogen and oxygen atoms in total. The minimum Gasteiger partial charge on any atom is -0.493 e. The molecule has 3 aromatic rings. The smallest absolute Gasteiger partial charge is 0.255 e. The lowest BCUT2D eigenvalue weighted by Crippen LogP contribution is -2.48. The molecule has 4 rings (SSSR count). The zero-order chi connectivity index (χ0) is 25.5. The maximum atomic E-state index is 12.8. The number of hydrogen-bond acceptors (Lipinski definition) is 4. The van der Waals surface area contributed by atoms with Crippen LogP contribution in [0.1, 0.15) is 47.1 Å². The van der Waals surface area contributed by atoms with Crippen LogP contribution in [0.4, 0.5) is 11.4 Å². The fourth-order valence-electron chi connectivity index (χ4n) is 4.16. The Morgan fingerprint density at radius 1 is 0.833 bits per heavy atom. The highest BCUT2D eigenvalue weighted by Crippen LogP contribution is 2.21. The molecule has 0 aromatic heterocycles. The number of nitrogens with zero attached hydrogens (tertiary/aromatic N) is 2. The van der Waals surface area contributed by atoms with Crippen molar-refractivity contribution in [3.8, 4) is 5.75 Å². The minimum atomic E-state index is -0.155. The van der Waals surface area contributed by atoms with E-state index in [0.717, 1.165) is 42.2 Å². The number of carbonyl (C=O) groups is 2. The van der Waals surface area contributed by atoms with E-state index in [0.29, 0.717) is 31.2 Å². The van der Waals surface area contributed by atoms with E-state index in [9.17, 15) is 9.59 Å². The van der Waals surface area contributed by atoms with Crippen molar-refractivity contribution in [2.75, 3.05) is 43.0 Å². The Morgan fingerprint density at radius 2 is 1.44 bits per heavy atom. The lowest BCUT2D eigenvalue weighted by molar-refractivity contribution is 0.0746. The van der Waals surface area contributed by atoms with Crippen LogP contribution in [-0.2, 0) is 6.42 Å². The van der Waals surface area contributed by atoms with E-state index in [1.165, 1.54) is 5.56 Å². The Hall–Kier alpha value is -3.80. The SMILES string of the molecule is CCc1ccc(C(=O)N2CCN(c3ccc(NC(=O)c4ccc(OCC(C)C)cc4)cc3)CC2)cc1. The van der Waals surface area contributed by atoms with Crippen molar-refractivity contribution in [1.82, 2.24) is 4.90 Å². The summed E-state index contributed by atoms with van der Waals surface area (Å²) in [6.07, 6.45) is 0.969. The number of rotatable bonds is 8. The molecule has 1 aliphatic rings. The maximum Gasteiger partial charge on any atom is 0.255 e. The van der Waals surface area contributed by atoms with E-state index in [2.05, 4.69) is 31.0 Å². The first-order valence-electron chi connectivity index (χ1n) is 12.7. The van der Waals surface area contributed by atoms with Crippen molar-refractivity contribution >= 4 is 23.2 Å². The van der Waals surface area contributed by atoms with Crippen LogP contribution in [0.5, 0.6) is 5.75 Å². The molecule has 0 aliphatic carbocycles. The molecule has 1 heterocycles. The fraction of sp³-hybridized carbons (Fsp3) is 0.333. The minimum absolute atomic E-state index is 0.0925. The number of hydrogen-bond donors (Lipinski definition) is 1. The molecular formula is C30H35N3O3. The molecule has 0 unspecified atom stereocenters. The Labute approximate surface area is 213 Å². The molecular weight excluding hydrogens is 450 g/mol. The maximum absolute atomic E-state index is 12.8. The van der Waals surface area contributed by atoms with Gasteiger partial charge in [-0.2, -0.15) is 0 Å². The lowest BCUT2D eigenvalue weighted by Gasteiger charge is -2.36. The van der Waals surface area contributed by atoms with E-state index in [-0.39, 0.29) is 11.8 Å². The third kappa shape index (κ3) is 6.45. The van der Waals surface area contributed by atoms with Gasteiger partial charge in [0.1, 0.15) is 5.75 Å². The second-order valence-corrected chi connectivity index (χ2v) is 9.56. The van der Waals surface area contributed by atoms with Gasteiger partial charge in [-0.25, -0.2) is 0 Å². The highest BCUT2D eigenvalue weighted by Gasteiger charge is 2.22. The van der Waals surface area contributed by atoms with E-state index in [4.69, 9.17) is 4.74 Å². The first kappa shape index (κ1) is 25.3. The first-order chi connectivity index (χ1) is 17.4. The molecule has 3 aromatic carbocycles. The zero-order valence-electron chi connectivity index (χ0n) is 21.4. The standard InChI is InChI=1S/C30H35N3O3/c1-4-23-5-7-25(8-6-23)30(35)33-19-17-32(18-20-33)27-13-11-26(12-14-27)31-29(34)24-9-15-28(16-10-24)36-21-22(2)3/h5-16,22H,4,17-21H2,1-3H3,(H,31,34). The van der Waals surface area contributed by atoms with Crippen LogP contribution in [0.25, 0.3) is 0 Å². The van der Waals surface area contributed by atoms with Crippen molar-refractivity contribution in [1.29, 1.82) is 0 Å². The van der Waals surface area contributed by atoms with E-state index in [1.54, 1.807) is 12.1 Å². The molecule has 0 bridgehead atoms. The summed E-state index contributed by atoms with van der Waals surface area (Å²) in [5.74, 6) is 1.15. The van der Waals surface area contributed by atoms with Crippen molar-refractivity contribution in [2.45, 2.75) is 27.2 Å². The number of carbonyl (C=O) groups excluding carboxylic acids is 2. The fourth-order valence-corrected chi connectivity index (χ4v) is 4.16. The van der Waals surface area contributed by atoms with Crippen molar-refractivity contribution in [3.63, 3.8) is 0 Å². The van der Waals surface area contributed by atoms with E-state index in [1.807, 2.05) is 65.6 Å². The molecule has 36 heavy (non-hydrogen) atoms. The van der Waals surface area contributed by atoms with E-state index >= 15 is 0 Å². The van der Waals surface area contributed by atoms with Crippen molar-refractivity contribution in [2.24, 2.45) is 5.92 Å². The van der Waals surface area contributed by atoms with Gasteiger partial charge >= 0.3 is 0 Å². The van der Waals surface area contributed by atoms with Gasteiger partial charge in [-0.3, -0.25) is 9.59 Å². The number of aryl methyl sites for hydroxylation is 1. The molecule has 2 amide bonds. The molecule has 1 fully saturated rings. The van der Waals surface area contributed by atoms with Crippen LogP contribution in [0, 0.1) is 5.92 Å². The Balaban J connectivity index is 1.28. The number of piperazine rings is 1. The molecule has 0 radical (unpaired) electrons. The van der Waals surface area contributed by atoms with E-state index < -0.39 is 0 Å².